The first-order valence-electron chi connectivity index (χ1n) is 9.82. The zero-order valence-electron chi connectivity index (χ0n) is 16.6. The van der Waals surface area contributed by atoms with Gasteiger partial charge in [0.2, 0.25) is 17.5 Å². The molecule has 0 spiro atoms. The second-order valence-electron chi connectivity index (χ2n) is 7.69. The molecule has 160 valence electrons. The Kier molecular flexibility index (Phi) is 5.52. The third-order valence-electron chi connectivity index (χ3n) is 5.51. The molecule has 2 aliphatic heterocycles. The van der Waals surface area contributed by atoms with Gasteiger partial charge in [-0.3, -0.25) is 9.78 Å². The number of ether oxygens (including phenoxy) is 1. The van der Waals surface area contributed by atoms with Crippen LogP contribution in [0.1, 0.15) is 37.8 Å². The van der Waals surface area contributed by atoms with Crippen molar-refractivity contribution in [2.24, 2.45) is 10.9 Å². The Balaban J connectivity index is 1.36. The van der Waals surface area contributed by atoms with E-state index in [1.807, 2.05) is 0 Å². The summed E-state index contributed by atoms with van der Waals surface area (Å²) in [6, 6.07) is 2.89. The van der Waals surface area contributed by atoms with E-state index in [1.165, 1.54) is 6.07 Å². The number of hydrogen-bond donors (Lipinski definition) is 2. The van der Waals surface area contributed by atoms with Crippen molar-refractivity contribution < 1.29 is 28.7 Å². The molecule has 10 heteroatoms. The van der Waals surface area contributed by atoms with Crippen molar-refractivity contribution >= 4 is 17.8 Å². The van der Waals surface area contributed by atoms with Crippen LogP contribution in [0.25, 0.3) is 0 Å². The first kappa shape index (κ1) is 20.4. The minimum Gasteiger partial charge on any atom is -0.478 e. The number of halogens is 1. The van der Waals surface area contributed by atoms with Crippen LogP contribution < -0.4 is 5.32 Å². The smallest absolute Gasteiger partial charge is 0.333 e. The predicted octanol–water partition coefficient (Wildman–Crippen LogP) is 1.71. The normalized spacial score (nSPS) is 27.2. The Morgan fingerprint density at radius 3 is 3.00 bits per heavy atom. The molecular formula is C20H23FN4O5. The van der Waals surface area contributed by atoms with E-state index in [2.05, 4.69) is 15.3 Å². The van der Waals surface area contributed by atoms with Crippen molar-refractivity contribution in [2.75, 3.05) is 20.3 Å². The summed E-state index contributed by atoms with van der Waals surface area (Å²) in [6.45, 7) is 1.04. The van der Waals surface area contributed by atoms with Gasteiger partial charge in [0.15, 0.2) is 0 Å². The molecule has 3 aliphatic rings. The maximum atomic E-state index is 13.1. The molecule has 1 amide bonds. The van der Waals surface area contributed by atoms with Crippen molar-refractivity contribution in [1.82, 2.24) is 15.4 Å². The SMILES string of the molecule is COCC1CCC(C(=O)O)=C(NC(=O)CCC2=NC3(c4ccc(F)cn4)CN3O2)C1. The molecule has 0 aromatic carbocycles. The maximum absolute atomic E-state index is 13.1. The molecule has 1 fully saturated rings. The largest absolute Gasteiger partial charge is 0.478 e. The van der Waals surface area contributed by atoms with Gasteiger partial charge in [-0.2, -0.15) is 0 Å². The summed E-state index contributed by atoms with van der Waals surface area (Å²) in [5.74, 6) is -1.15. The number of carbonyl (C=O) groups is 2. The number of hydrogen-bond acceptors (Lipinski definition) is 7. The molecule has 30 heavy (non-hydrogen) atoms. The van der Waals surface area contributed by atoms with E-state index in [0.717, 1.165) is 12.6 Å². The molecule has 0 bridgehead atoms. The highest BCUT2D eigenvalue weighted by atomic mass is 19.1. The molecule has 3 atom stereocenters. The number of pyridine rings is 1. The lowest BCUT2D eigenvalue weighted by molar-refractivity contribution is -0.133. The molecule has 1 aliphatic carbocycles. The topological polar surface area (TPSA) is 113 Å². The summed E-state index contributed by atoms with van der Waals surface area (Å²) >= 11 is 0. The Labute approximate surface area is 172 Å². The second kappa shape index (κ2) is 8.11. The summed E-state index contributed by atoms with van der Waals surface area (Å²) in [6.07, 6.45) is 3.08. The first-order chi connectivity index (χ1) is 14.4. The van der Waals surface area contributed by atoms with E-state index in [4.69, 9.17) is 9.57 Å². The number of carbonyl (C=O) groups excluding carboxylic acids is 1. The van der Waals surface area contributed by atoms with Gasteiger partial charge in [-0.05, 0) is 37.3 Å². The number of amides is 1. The molecule has 1 aromatic rings. The van der Waals surface area contributed by atoms with Gasteiger partial charge in [-0.25, -0.2) is 14.2 Å². The molecule has 1 saturated heterocycles. The van der Waals surface area contributed by atoms with E-state index in [1.54, 1.807) is 18.2 Å². The van der Waals surface area contributed by atoms with Crippen molar-refractivity contribution in [3.63, 3.8) is 0 Å². The van der Waals surface area contributed by atoms with Crippen molar-refractivity contribution in [3.05, 3.63) is 41.1 Å². The summed E-state index contributed by atoms with van der Waals surface area (Å²) < 4.78 is 18.3. The fraction of sp³-hybridized carbons (Fsp3) is 0.500. The number of carboxylic acid groups (broad SMARTS) is 1. The third-order valence-corrected chi connectivity index (χ3v) is 5.51. The molecule has 9 nitrogen and oxygen atoms in total. The fourth-order valence-electron chi connectivity index (χ4n) is 3.90. The summed E-state index contributed by atoms with van der Waals surface area (Å²) in [5, 5.41) is 13.8. The minimum atomic E-state index is -1.01. The quantitative estimate of drug-likeness (QED) is 0.618. The van der Waals surface area contributed by atoms with Crippen LogP contribution in [0, 0.1) is 11.7 Å². The molecule has 1 aromatic heterocycles. The number of aliphatic imine (C=N–C) groups is 1. The molecular weight excluding hydrogens is 395 g/mol. The van der Waals surface area contributed by atoms with Crippen LogP contribution in [0.5, 0.6) is 0 Å². The lowest BCUT2D eigenvalue weighted by Crippen LogP contribution is -2.31. The zero-order chi connectivity index (χ0) is 21.3. The average molecular weight is 418 g/mol. The van der Waals surface area contributed by atoms with Crippen LogP contribution in [0.15, 0.2) is 34.6 Å². The number of nitrogens with one attached hydrogen (secondary N) is 1. The molecule has 2 N–H and O–H groups in total. The lowest BCUT2D eigenvalue weighted by Gasteiger charge is -2.25. The van der Waals surface area contributed by atoms with E-state index in [-0.39, 0.29) is 30.2 Å². The van der Waals surface area contributed by atoms with Gasteiger partial charge in [-0.1, -0.05) is 0 Å². The zero-order valence-corrected chi connectivity index (χ0v) is 16.6. The summed E-state index contributed by atoms with van der Waals surface area (Å²) in [5.41, 5.74) is 0.563. The van der Waals surface area contributed by atoms with Gasteiger partial charge < -0.3 is 20.0 Å². The fourth-order valence-corrected chi connectivity index (χ4v) is 3.90. The average Bonchev–Trinajstić information content (AvgIpc) is 3.28. The first-order valence-corrected chi connectivity index (χ1v) is 9.82. The van der Waals surface area contributed by atoms with Gasteiger partial charge in [0, 0.05) is 32.3 Å². The van der Waals surface area contributed by atoms with Gasteiger partial charge in [0.05, 0.1) is 24.0 Å². The van der Waals surface area contributed by atoms with Gasteiger partial charge in [0.25, 0.3) is 0 Å². The van der Waals surface area contributed by atoms with Gasteiger partial charge >= 0.3 is 5.97 Å². The van der Waals surface area contributed by atoms with E-state index in [0.29, 0.717) is 43.3 Å². The highest BCUT2D eigenvalue weighted by Gasteiger charge is 2.62. The number of aliphatic carboxylic acids is 1. The molecule has 0 saturated carbocycles. The lowest BCUT2D eigenvalue weighted by atomic mass is 9.87. The van der Waals surface area contributed by atoms with E-state index in [9.17, 15) is 19.1 Å². The van der Waals surface area contributed by atoms with Crippen LogP contribution in [0.3, 0.4) is 0 Å². The molecule has 3 unspecified atom stereocenters. The van der Waals surface area contributed by atoms with Crippen LogP contribution >= 0.6 is 0 Å². The number of carboxylic acids is 1. The number of allylic oxidation sites excluding steroid dienone is 1. The Hall–Kier alpha value is -2.85. The monoisotopic (exact) mass is 418 g/mol. The molecule has 0 radical (unpaired) electrons. The second-order valence-corrected chi connectivity index (χ2v) is 7.69. The predicted molar refractivity (Wildman–Crippen MR) is 102 cm³/mol. The van der Waals surface area contributed by atoms with Gasteiger partial charge in [-0.15, -0.1) is 5.06 Å². The van der Waals surface area contributed by atoms with Crippen molar-refractivity contribution in [2.45, 2.75) is 37.8 Å². The molecule has 3 heterocycles. The van der Waals surface area contributed by atoms with Crippen molar-refractivity contribution in [3.8, 4) is 0 Å². The van der Waals surface area contributed by atoms with Gasteiger partial charge in [0.1, 0.15) is 5.82 Å². The van der Waals surface area contributed by atoms with Crippen LogP contribution in [0.2, 0.25) is 0 Å². The number of fused-ring (bicyclic) bond motifs is 1. The number of hydroxylamine groups is 2. The van der Waals surface area contributed by atoms with Crippen LogP contribution in [0.4, 0.5) is 4.39 Å². The Morgan fingerprint density at radius 2 is 2.30 bits per heavy atom. The number of methoxy groups -OCH3 is 1. The Morgan fingerprint density at radius 1 is 1.47 bits per heavy atom. The van der Waals surface area contributed by atoms with Crippen molar-refractivity contribution in [1.29, 1.82) is 0 Å². The maximum Gasteiger partial charge on any atom is 0.333 e. The standard InChI is InChI=1S/C20H23FN4O5/c1-29-10-12-2-4-14(19(27)28)15(8-12)23-17(26)6-7-18-24-20(11-25(20)30-18)16-5-3-13(21)9-22-16/h3,5,9,12H,2,4,6-8,10-11H2,1H3,(H,23,26)(H,27,28). The highest BCUT2D eigenvalue weighted by Crippen LogP contribution is 2.47. The Bertz CT molecular complexity index is 916. The number of aromatic nitrogens is 1. The van der Waals surface area contributed by atoms with Crippen LogP contribution in [-0.2, 0) is 24.8 Å². The third kappa shape index (κ3) is 4.05. The van der Waals surface area contributed by atoms with E-state index < -0.39 is 17.4 Å². The molecule has 4 rings (SSSR count). The number of rotatable bonds is 8. The summed E-state index contributed by atoms with van der Waals surface area (Å²) in [4.78, 5) is 38.1. The highest BCUT2D eigenvalue weighted by molar-refractivity contribution is 5.90. The number of nitrogens with zero attached hydrogens (tertiary/aromatic N) is 3. The van der Waals surface area contributed by atoms with E-state index >= 15 is 0 Å². The van der Waals surface area contributed by atoms with Crippen LogP contribution in [-0.4, -0.2) is 53.2 Å². The minimum absolute atomic E-state index is 0.102. The summed E-state index contributed by atoms with van der Waals surface area (Å²) in [7, 11) is 1.60.